The molecule has 0 spiro atoms. The predicted octanol–water partition coefficient (Wildman–Crippen LogP) is 4.91. The molecule has 2 N–H and O–H groups in total. The van der Waals surface area contributed by atoms with Gasteiger partial charge in [0.2, 0.25) is 0 Å². The average Bonchev–Trinajstić information content (AvgIpc) is 2.85. The van der Waals surface area contributed by atoms with E-state index in [-0.39, 0.29) is 0 Å². The first kappa shape index (κ1) is 14.3. The van der Waals surface area contributed by atoms with Crippen LogP contribution in [0.3, 0.4) is 0 Å². The SMILES string of the molecule is NCCCCC[CH]CC1c2ccccc2-c2ccccc21. The number of unbranched alkanes of at least 4 members (excludes halogenated alkanes) is 4. The van der Waals surface area contributed by atoms with E-state index in [1.165, 1.54) is 41.5 Å². The quantitative estimate of drug-likeness (QED) is 0.715. The summed E-state index contributed by atoms with van der Waals surface area (Å²) < 4.78 is 0. The summed E-state index contributed by atoms with van der Waals surface area (Å²) in [6, 6.07) is 17.7. The minimum absolute atomic E-state index is 0.548. The molecule has 0 bridgehead atoms. The molecule has 1 aliphatic carbocycles. The molecule has 2 aromatic carbocycles. The van der Waals surface area contributed by atoms with Crippen LogP contribution >= 0.6 is 0 Å². The molecule has 0 heterocycles. The normalized spacial score (nSPS) is 13.2. The Balaban J connectivity index is 1.68. The van der Waals surface area contributed by atoms with Crippen molar-refractivity contribution < 1.29 is 0 Å². The summed E-state index contributed by atoms with van der Waals surface area (Å²) in [5, 5.41) is 0. The first-order valence-corrected chi connectivity index (χ1v) is 8.12. The van der Waals surface area contributed by atoms with Crippen molar-refractivity contribution in [1.82, 2.24) is 0 Å². The molecule has 109 valence electrons. The maximum absolute atomic E-state index is 5.54. The first-order valence-electron chi connectivity index (χ1n) is 8.12. The van der Waals surface area contributed by atoms with Crippen LogP contribution in [0.4, 0.5) is 0 Å². The summed E-state index contributed by atoms with van der Waals surface area (Å²) in [4.78, 5) is 0. The molecule has 0 saturated heterocycles. The van der Waals surface area contributed by atoms with E-state index in [0.717, 1.165) is 19.4 Å². The molecule has 21 heavy (non-hydrogen) atoms. The molecular weight excluding hydrogens is 254 g/mol. The van der Waals surface area contributed by atoms with Gasteiger partial charge in [0.05, 0.1) is 0 Å². The lowest BCUT2D eigenvalue weighted by Gasteiger charge is -2.13. The number of nitrogens with two attached hydrogens (primary N) is 1. The Hall–Kier alpha value is -1.60. The maximum Gasteiger partial charge on any atom is 0.0104 e. The Kier molecular flexibility index (Phi) is 4.72. The molecule has 1 heteroatoms. The third-order valence-electron chi connectivity index (χ3n) is 4.48. The fourth-order valence-electron chi connectivity index (χ4n) is 3.41. The number of hydrogen-bond donors (Lipinski definition) is 1. The van der Waals surface area contributed by atoms with E-state index in [1.807, 2.05) is 0 Å². The Bertz CT molecular complexity index is 542. The Morgan fingerprint density at radius 2 is 1.43 bits per heavy atom. The second-order valence-corrected chi connectivity index (χ2v) is 5.89. The van der Waals surface area contributed by atoms with E-state index < -0.39 is 0 Å². The van der Waals surface area contributed by atoms with Crippen molar-refractivity contribution in [3.05, 3.63) is 66.1 Å². The number of fused-ring (bicyclic) bond motifs is 3. The molecule has 0 saturated carbocycles. The van der Waals surface area contributed by atoms with E-state index in [0.29, 0.717) is 5.92 Å². The summed E-state index contributed by atoms with van der Waals surface area (Å²) in [7, 11) is 0. The maximum atomic E-state index is 5.54. The fourth-order valence-corrected chi connectivity index (χ4v) is 3.41. The van der Waals surface area contributed by atoms with Gasteiger partial charge in [-0.05, 0) is 48.1 Å². The van der Waals surface area contributed by atoms with E-state index in [2.05, 4.69) is 55.0 Å². The van der Waals surface area contributed by atoms with Crippen molar-refractivity contribution in [2.75, 3.05) is 6.54 Å². The summed E-state index contributed by atoms with van der Waals surface area (Å²) in [6.45, 7) is 0.823. The van der Waals surface area contributed by atoms with Gasteiger partial charge in [-0.15, -0.1) is 0 Å². The second kappa shape index (κ2) is 6.91. The largest absolute Gasteiger partial charge is 0.330 e. The lowest BCUT2D eigenvalue weighted by atomic mass is 9.91. The minimum Gasteiger partial charge on any atom is -0.330 e. The molecule has 1 radical (unpaired) electrons. The van der Waals surface area contributed by atoms with Crippen LogP contribution in [0.1, 0.15) is 49.1 Å². The lowest BCUT2D eigenvalue weighted by molar-refractivity contribution is 0.656. The van der Waals surface area contributed by atoms with Crippen LogP contribution in [-0.4, -0.2) is 6.54 Å². The third kappa shape index (κ3) is 3.03. The Morgan fingerprint density at radius 1 is 0.810 bits per heavy atom. The van der Waals surface area contributed by atoms with Gasteiger partial charge >= 0.3 is 0 Å². The number of hydrogen-bond acceptors (Lipinski definition) is 1. The zero-order valence-corrected chi connectivity index (χ0v) is 12.6. The van der Waals surface area contributed by atoms with Crippen molar-refractivity contribution >= 4 is 0 Å². The molecule has 0 aromatic heterocycles. The lowest BCUT2D eigenvalue weighted by Crippen LogP contribution is -1.99. The van der Waals surface area contributed by atoms with Gasteiger partial charge in [0.25, 0.3) is 0 Å². The molecular formula is C20H24N. The van der Waals surface area contributed by atoms with Crippen LogP contribution in [-0.2, 0) is 0 Å². The van der Waals surface area contributed by atoms with Crippen molar-refractivity contribution in [2.24, 2.45) is 5.73 Å². The summed E-state index contributed by atoms with van der Waals surface area (Å²) in [5.74, 6) is 0.548. The summed E-state index contributed by atoms with van der Waals surface area (Å²) in [6.07, 6.45) is 8.51. The smallest absolute Gasteiger partial charge is 0.0104 e. The third-order valence-corrected chi connectivity index (χ3v) is 4.48. The van der Waals surface area contributed by atoms with Gasteiger partial charge in [-0.25, -0.2) is 0 Å². The molecule has 2 aromatic rings. The fraction of sp³-hybridized carbons (Fsp3) is 0.350. The van der Waals surface area contributed by atoms with Crippen molar-refractivity contribution in [1.29, 1.82) is 0 Å². The minimum atomic E-state index is 0.548. The first-order chi connectivity index (χ1) is 10.4. The summed E-state index contributed by atoms with van der Waals surface area (Å²) >= 11 is 0. The van der Waals surface area contributed by atoms with Gasteiger partial charge in [-0.3, -0.25) is 0 Å². The average molecular weight is 278 g/mol. The molecule has 0 atom stereocenters. The zero-order chi connectivity index (χ0) is 14.5. The number of benzene rings is 2. The van der Waals surface area contributed by atoms with Crippen molar-refractivity contribution in [2.45, 2.75) is 38.0 Å². The molecule has 0 fully saturated rings. The van der Waals surface area contributed by atoms with Crippen LogP contribution in [0.15, 0.2) is 48.5 Å². The molecule has 0 aliphatic heterocycles. The zero-order valence-electron chi connectivity index (χ0n) is 12.6. The molecule has 0 amide bonds. The highest BCUT2D eigenvalue weighted by atomic mass is 14.5. The topological polar surface area (TPSA) is 26.0 Å². The molecule has 1 nitrogen and oxygen atoms in total. The van der Waals surface area contributed by atoms with Crippen LogP contribution in [0.5, 0.6) is 0 Å². The van der Waals surface area contributed by atoms with Crippen LogP contribution in [0, 0.1) is 6.42 Å². The highest BCUT2D eigenvalue weighted by Gasteiger charge is 2.27. The van der Waals surface area contributed by atoms with E-state index in [9.17, 15) is 0 Å². The monoisotopic (exact) mass is 278 g/mol. The Morgan fingerprint density at radius 3 is 2.05 bits per heavy atom. The van der Waals surface area contributed by atoms with Crippen LogP contribution in [0.2, 0.25) is 0 Å². The van der Waals surface area contributed by atoms with Crippen LogP contribution < -0.4 is 5.73 Å². The second-order valence-electron chi connectivity index (χ2n) is 5.89. The molecule has 3 rings (SSSR count). The number of rotatable bonds is 7. The van der Waals surface area contributed by atoms with E-state index in [1.54, 1.807) is 0 Å². The van der Waals surface area contributed by atoms with E-state index >= 15 is 0 Å². The van der Waals surface area contributed by atoms with Gasteiger partial charge in [-0.2, -0.15) is 0 Å². The highest BCUT2D eigenvalue weighted by Crippen LogP contribution is 2.46. The standard InChI is InChI=1S/C20H24N/c21-15-9-3-1-2-4-10-16-17-11-5-7-13-19(17)20-14-8-6-12-18(16)20/h4-8,11-14,16H,1-3,9-10,15,21H2. The van der Waals surface area contributed by atoms with Gasteiger partial charge in [-0.1, -0.05) is 67.8 Å². The molecule has 1 aliphatic rings. The van der Waals surface area contributed by atoms with Gasteiger partial charge in [0.1, 0.15) is 0 Å². The Labute approximate surface area is 128 Å². The van der Waals surface area contributed by atoms with Gasteiger partial charge in [0, 0.05) is 5.92 Å². The van der Waals surface area contributed by atoms with Crippen molar-refractivity contribution in [3.8, 4) is 11.1 Å². The summed E-state index contributed by atoms with van der Waals surface area (Å²) in [5.41, 5.74) is 11.4. The van der Waals surface area contributed by atoms with Gasteiger partial charge in [0.15, 0.2) is 0 Å². The predicted molar refractivity (Wildman–Crippen MR) is 90.2 cm³/mol. The van der Waals surface area contributed by atoms with Crippen LogP contribution in [0.25, 0.3) is 11.1 Å². The highest BCUT2D eigenvalue weighted by molar-refractivity contribution is 5.78. The van der Waals surface area contributed by atoms with Crippen molar-refractivity contribution in [3.63, 3.8) is 0 Å². The molecule has 0 unspecified atom stereocenters. The van der Waals surface area contributed by atoms with Gasteiger partial charge < -0.3 is 5.73 Å². The van der Waals surface area contributed by atoms with E-state index in [4.69, 9.17) is 5.73 Å².